The van der Waals surface area contributed by atoms with Crippen molar-refractivity contribution in [3.05, 3.63) is 65.3 Å². The number of furan rings is 1. The number of carbonyl (C=O) groups excluding carboxylic acids is 1. The van der Waals surface area contributed by atoms with Crippen molar-refractivity contribution in [1.29, 1.82) is 0 Å². The van der Waals surface area contributed by atoms with Crippen molar-refractivity contribution in [2.45, 2.75) is 55.8 Å². The SMILES string of the molecule is O=C(NCc1nnc2ccc(C(F)(F)F)cn12)c1oc2ccccc2c1CSC1CCCCC1. The average molecular weight is 489 g/mol. The van der Waals surface area contributed by atoms with Gasteiger partial charge in [-0.15, -0.1) is 10.2 Å². The van der Waals surface area contributed by atoms with Gasteiger partial charge in [0.15, 0.2) is 17.2 Å². The Hall–Kier alpha value is -3.01. The van der Waals surface area contributed by atoms with E-state index in [-0.39, 0.29) is 23.8 Å². The van der Waals surface area contributed by atoms with Crippen LogP contribution in [0.15, 0.2) is 47.0 Å². The first-order valence-corrected chi connectivity index (χ1v) is 12.3. The molecule has 0 spiro atoms. The molecule has 1 aliphatic rings. The maximum atomic E-state index is 13.1. The largest absolute Gasteiger partial charge is 0.451 e. The van der Waals surface area contributed by atoms with Gasteiger partial charge in [0, 0.05) is 28.1 Å². The van der Waals surface area contributed by atoms with Crippen molar-refractivity contribution in [2.24, 2.45) is 0 Å². The lowest BCUT2D eigenvalue weighted by Crippen LogP contribution is -2.24. The van der Waals surface area contributed by atoms with Crippen LogP contribution in [-0.2, 0) is 18.5 Å². The molecule has 178 valence electrons. The third-order valence-corrected chi connectivity index (χ3v) is 7.53. The number of fused-ring (bicyclic) bond motifs is 2. The van der Waals surface area contributed by atoms with Crippen molar-refractivity contribution < 1.29 is 22.4 Å². The van der Waals surface area contributed by atoms with E-state index < -0.39 is 17.6 Å². The topological polar surface area (TPSA) is 72.4 Å². The molecule has 1 fully saturated rings. The molecule has 0 saturated heterocycles. The summed E-state index contributed by atoms with van der Waals surface area (Å²) in [6, 6.07) is 9.74. The molecule has 0 aliphatic heterocycles. The van der Waals surface area contributed by atoms with Gasteiger partial charge in [0.05, 0.1) is 12.1 Å². The standard InChI is InChI=1S/C24H23F3N4O2S/c25-24(26,27)15-10-11-20-29-30-21(31(20)13-15)12-28-23(32)22-18(14-34-16-6-2-1-3-7-16)17-8-4-5-9-19(17)33-22/h4-5,8-11,13,16H,1-3,6-7,12,14H2,(H,28,32). The fraction of sp³-hybridized carbons (Fsp3) is 0.375. The molecular weight excluding hydrogens is 465 g/mol. The first-order chi connectivity index (χ1) is 16.4. The summed E-state index contributed by atoms with van der Waals surface area (Å²) in [6.45, 7) is -0.0897. The normalized spacial score (nSPS) is 15.3. The number of halogens is 3. The van der Waals surface area contributed by atoms with Crippen molar-refractivity contribution in [3.8, 4) is 0 Å². The fourth-order valence-electron chi connectivity index (χ4n) is 4.32. The Morgan fingerprint density at radius 2 is 1.91 bits per heavy atom. The summed E-state index contributed by atoms with van der Waals surface area (Å²) >= 11 is 1.85. The van der Waals surface area contributed by atoms with Crippen LogP contribution in [0.2, 0.25) is 0 Å². The summed E-state index contributed by atoms with van der Waals surface area (Å²) < 4.78 is 46.5. The summed E-state index contributed by atoms with van der Waals surface area (Å²) in [6.07, 6.45) is 2.56. The number of alkyl halides is 3. The number of aromatic nitrogens is 3. The molecule has 5 rings (SSSR count). The number of thioether (sulfide) groups is 1. The molecule has 6 nitrogen and oxygen atoms in total. The number of para-hydroxylation sites is 1. The molecule has 1 N–H and O–H groups in total. The van der Waals surface area contributed by atoms with Crippen LogP contribution in [0.4, 0.5) is 13.2 Å². The predicted molar refractivity (Wildman–Crippen MR) is 124 cm³/mol. The highest BCUT2D eigenvalue weighted by Gasteiger charge is 2.31. The molecule has 3 aromatic heterocycles. The Labute approximate surface area is 197 Å². The van der Waals surface area contributed by atoms with Crippen LogP contribution in [0, 0.1) is 0 Å². The van der Waals surface area contributed by atoms with Crippen molar-refractivity contribution in [1.82, 2.24) is 19.9 Å². The molecule has 0 atom stereocenters. The molecule has 34 heavy (non-hydrogen) atoms. The van der Waals surface area contributed by atoms with Crippen LogP contribution in [-0.4, -0.2) is 25.8 Å². The predicted octanol–water partition coefficient (Wildman–Crippen LogP) is 5.99. The van der Waals surface area contributed by atoms with Gasteiger partial charge in [0.2, 0.25) is 0 Å². The van der Waals surface area contributed by atoms with Crippen molar-refractivity contribution in [3.63, 3.8) is 0 Å². The number of carbonyl (C=O) groups is 1. The van der Waals surface area contributed by atoms with E-state index in [0.717, 1.165) is 23.2 Å². The van der Waals surface area contributed by atoms with Gasteiger partial charge in [-0.3, -0.25) is 9.20 Å². The van der Waals surface area contributed by atoms with Crippen LogP contribution in [0.5, 0.6) is 0 Å². The number of rotatable bonds is 6. The Morgan fingerprint density at radius 3 is 2.71 bits per heavy atom. The van der Waals surface area contributed by atoms with E-state index in [9.17, 15) is 18.0 Å². The number of benzene rings is 1. The second-order valence-corrected chi connectivity index (χ2v) is 9.71. The maximum Gasteiger partial charge on any atom is 0.417 e. The zero-order chi connectivity index (χ0) is 23.7. The lowest BCUT2D eigenvalue weighted by molar-refractivity contribution is -0.137. The number of nitrogens with one attached hydrogen (secondary N) is 1. The van der Waals surface area contributed by atoms with Gasteiger partial charge < -0.3 is 9.73 Å². The van der Waals surface area contributed by atoms with E-state index in [1.54, 1.807) is 0 Å². The van der Waals surface area contributed by atoms with Gasteiger partial charge in [-0.25, -0.2) is 0 Å². The number of hydrogen-bond acceptors (Lipinski definition) is 5. The number of amides is 1. The Morgan fingerprint density at radius 1 is 1.12 bits per heavy atom. The summed E-state index contributed by atoms with van der Waals surface area (Å²) in [5, 5.41) is 12.1. The van der Waals surface area contributed by atoms with Crippen LogP contribution in [0.1, 0.15) is 59.6 Å². The molecule has 0 bridgehead atoms. The van der Waals surface area contributed by atoms with Gasteiger partial charge in [-0.05, 0) is 31.0 Å². The molecule has 1 aromatic carbocycles. The third kappa shape index (κ3) is 4.64. The van der Waals surface area contributed by atoms with Crippen molar-refractivity contribution in [2.75, 3.05) is 0 Å². The van der Waals surface area contributed by atoms with Crippen molar-refractivity contribution >= 4 is 34.3 Å². The third-order valence-electron chi connectivity index (χ3n) is 6.13. The highest BCUT2D eigenvalue weighted by molar-refractivity contribution is 7.99. The summed E-state index contributed by atoms with van der Waals surface area (Å²) in [5.74, 6) is 0.657. The van der Waals surface area contributed by atoms with Gasteiger partial charge >= 0.3 is 6.18 Å². The summed E-state index contributed by atoms with van der Waals surface area (Å²) in [5.41, 5.74) is 0.931. The molecule has 1 saturated carbocycles. The first-order valence-electron chi connectivity index (χ1n) is 11.2. The van der Waals surface area contributed by atoms with Gasteiger partial charge in [0.1, 0.15) is 5.58 Å². The zero-order valence-corrected chi connectivity index (χ0v) is 19.1. The second-order valence-electron chi connectivity index (χ2n) is 8.42. The van der Waals surface area contributed by atoms with Gasteiger partial charge in [-0.2, -0.15) is 24.9 Å². The average Bonchev–Trinajstić information content (AvgIpc) is 3.42. The fourth-order valence-corrected chi connectivity index (χ4v) is 5.68. The number of hydrogen-bond donors (Lipinski definition) is 1. The van der Waals surface area contributed by atoms with Crippen LogP contribution >= 0.6 is 11.8 Å². The van der Waals surface area contributed by atoms with Crippen LogP contribution < -0.4 is 5.32 Å². The van der Waals surface area contributed by atoms with Gasteiger partial charge in [-0.1, -0.05) is 37.5 Å². The molecule has 4 aromatic rings. The minimum Gasteiger partial charge on any atom is -0.451 e. The molecule has 1 aliphatic carbocycles. The zero-order valence-electron chi connectivity index (χ0n) is 18.3. The number of nitrogens with zero attached hydrogens (tertiary/aromatic N) is 3. The van der Waals surface area contributed by atoms with E-state index >= 15 is 0 Å². The van der Waals surface area contributed by atoms with E-state index in [1.165, 1.54) is 42.6 Å². The van der Waals surface area contributed by atoms with E-state index in [0.29, 0.717) is 16.6 Å². The Bertz CT molecular complexity index is 1320. The van der Waals surface area contributed by atoms with Gasteiger partial charge in [0.25, 0.3) is 5.91 Å². The summed E-state index contributed by atoms with van der Waals surface area (Å²) in [7, 11) is 0. The molecular formula is C24H23F3N4O2S. The lowest BCUT2D eigenvalue weighted by atomic mass is 10.0. The second kappa shape index (κ2) is 9.32. The van der Waals surface area contributed by atoms with Crippen LogP contribution in [0.3, 0.4) is 0 Å². The first kappa shape index (κ1) is 22.8. The summed E-state index contributed by atoms with van der Waals surface area (Å²) in [4.78, 5) is 13.1. The highest BCUT2D eigenvalue weighted by Crippen LogP contribution is 2.35. The smallest absolute Gasteiger partial charge is 0.417 e. The lowest BCUT2D eigenvalue weighted by Gasteiger charge is -2.20. The number of pyridine rings is 1. The Balaban J connectivity index is 1.36. The minimum atomic E-state index is -4.49. The van der Waals surface area contributed by atoms with E-state index in [1.807, 2.05) is 36.0 Å². The minimum absolute atomic E-state index is 0.0897. The monoisotopic (exact) mass is 488 g/mol. The molecule has 0 radical (unpaired) electrons. The molecule has 10 heteroatoms. The van der Waals surface area contributed by atoms with Crippen LogP contribution in [0.25, 0.3) is 16.6 Å². The maximum absolute atomic E-state index is 13.1. The highest BCUT2D eigenvalue weighted by atomic mass is 32.2. The molecule has 3 heterocycles. The molecule has 0 unspecified atom stereocenters. The Kier molecular flexibility index (Phi) is 6.24. The van der Waals surface area contributed by atoms with E-state index in [2.05, 4.69) is 15.5 Å². The van der Waals surface area contributed by atoms with E-state index in [4.69, 9.17) is 4.42 Å². The quantitative estimate of drug-likeness (QED) is 0.361. The molecule has 1 amide bonds.